The van der Waals surface area contributed by atoms with Gasteiger partial charge in [-0.1, -0.05) is 31.5 Å². The quantitative estimate of drug-likeness (QED) is 0.853. The van der Waals surface area contributed by atoms with Gasteiger partial charge >= 0.3 is 0 Å². The molecule has 0 fully saturated rings. The van der Waals surface area contributed by atoms with Crippen molar-refractivity contribution < 1.29 is 5.11 Å². The zero-order chi connectivity index (χ0) is 12.1. The summed E-state index contributed by atoms with van der Waals surface area (Å²) in [5.41, 5.74) is 2.32. The van der Waals surface area contributed by atoms with Crippen LogP contribution in [-0.2, 0) is 6.42 Å². The highest BCUT2D eigenvalue weighted by molar-refractivity contribution is 5.81. The number of aliphatic hydroxyl groups excluding tert-OH is 1. The Bertz CT molecular complexity index is 476. The number of aromatic nitrogens is 1. The monoisotopic (exact) mass is 229 g/mol. The number of aliphatic hydroxyl groups is 1. The Labute approximate surface area is 102 Å². The van der Waals surface area contributed by atoms with Crippen LogP contribution in [0.1, 0.15) is 31.7 Å². The molecule has 1 atom stereocenters. The van der Waals surface area contributed by atoms with Gasteiger partial charge in [-0.25, -0.2) is 0 Å². The fraction of sp³-hybridized carbons (Fsp3) is 0.400. The summed E-state index contributed by atoms with van der Waals surface area (Å²) in [4.78, 5) is 4.34. The molecule has 0 saturated heterocycles. The number of para-hydroxylation sites is 1. The zero-order valence-corrected chi connectivity index (χ0v) is 10.3. The Hall–Kier alpha value is -1.41. The summed E-state index contributed by atoms with van der Waals surface area (Å²) in [6.07, 6.45) is 5.36. The molecule has 2 rings (SSSR count). The molecule has 0 spiro atoms. The predicted octanol–water partition coefficient (Wildman–Crippen LogP) is 3.33. The van der Waals surface area contributed by atoms with Crippen LogP contribution in [0.4, 0.5) is 0 Å². The summed E-state index contributed by atoms with van der Waals surface area (Å²) in [7, 11) is 0. The number of rotatable bonds is 5. The van der Waals surface area contributed by atoms with Gasteiger partial charge in [0.05, 0.1) is 11.6 Å². The lowest BCUT2D eigenvalue weighted by molar-refractivity contribution is 0.154. The summed E-state index contributed by atoms with van der Waals surface area (Å²) >= 11 is 0. The summed E-state index contributed by atoms with van der Waals surface area (Å²) in [5, 5.41) is 11.0. The maximum atomic E-state index is 9.77. The van der Waals surface area contributed by atoms with Crippen molar-refractivity contribution in [1.29, 1.82) is 0 Å². The molecule has 2 aromatic rings. The van der Waals surface area contributed by atoms with Crippen molar-refractivity contribution in [2.45, 2.75) is 38.7 Å². The van der Waals surface area contributed by atoms with Gasteiger partial charge in [-0.2, -0.15) is 0 Å². The van der Waals surface area contributed by atoms with E-state index in [1.807, 2.05) is 24.4 Å². The van der Waals surface area contributed by atoms with Crippen molar-refractivity contribution in [1.82, 2.24) is 4.98 Å². The Kier molecular flexibility index (Phi) is 4.10. The summed E-state index contributed by atoms with van der Waals surface area (Å²) < 4.78 is 0. The predicted molar refractivity (Wildman–Crippen MR) is 71.0 cm³/mol. The fourth-order valence-electron chi connectivity index (χ4n) is 2.17. The van der Waals surface area contributed by atoms with Crippen LogP contribution in [-0.4, -0.2) is 16.2 Å². The standard InChI is InChI=1S/C15H19NO/c1-2-5-13(17)9-8-12-10-11-16-15-7-4-3-6-14(12)15/h3-4,6-7,10-11,13,17H,2,5,8-9H2,1H3. The second-order valence-electron chi connectivity index (χ2n) is 4.47. The smallest absolute Gasteiger partial charge is 0.0704 e. The summed E-state index contributed by atoms with van der Waals surface area (Å²) in [6, 6.07) is 10.2. The number of aryl methyl sites for hydroxylation is 1. The van der Waals surface area contributed by atoms with Crippen LogP contribution in [0.3, 0.4) is 0 Å². The first kappa shape index (κ1) is 12.1. The van der Waals surface area contributed by atoms with E-state index in [-0.39, 0.29) is 6.10 Å². The van der Waals surface area contributed by atoms with E-state index >= 15 is 0 Å². The lowest BCUT2D eigenvalue weighted by Crippen LogP contribution is -2.07. The van der Waals surface area contributed by atoms with Gasteiger partial charge in [0.25, 0.3) is 0 Å². The second kappa shape index (κ2) is 5.78. The van der Waals surface area contributed by atoms with Crippen molar-refractivity contribution >= 4 is 10.9 Å². The van der Waals surface area contributed by atoms with E-state index in [0.29, 0.717) is 0 Å². The molecule has 0 aliphatic heterocycles. The normalized spacial score (nSPS) is 12.8. The summed E-state index contributed by atoms with van der Waals surface area (Å²) in [6.45, 7) is 2.10. The van der Waals surface area contributed by atoms with Crippen LogP contribution in [0.25, 0.3) is 10.9 Å². The van der Waals surface area contributed by atoms with Gasteiger partial charge in [-0.3, -0.25) is 4.98 Å². The number of pyridine rings is 1. The first-order chi connectivity index (χ1) is 8.31. The van der Waals surface area contributed by atoms with Crippen molar-refractivity contribution in [2.75, 3.05) is 0 Å². The van der Waals surface area contributed by atoms with E-state index < -0.39 is 0 Å². The van der Waals surface area contributed by atoms with E-state index in [4.69, 9.17) is 0 Å². The number of hydrogen-bond donors (Lipinski definition) is 1. The molecule has 0 aliphatic carbocycles. The van der Waals surface area contributed by atoms with Crippen LogP contribution in [0.15, 0.2) is 36.5 Å². The van der Waals surface area contributed by atoms with Crippen LogP contribution in [0, 0.1) is 0 Å². The summed E-state index contributed by atoms with van der Waals surface area (Å²) in [5.74, 6) is 0. The highest BCUT2D eigenvalue weighted by atomic mass is 16.3. The third-order valence-electron chi connectivity index (χ3n) is 3.11. The number of benzene rings is 1. The number of hydrogen-bond acceptors (Lipinski definition) is 2. The highest BCUT2D eigenvalue weighted by Gasteiger charge is 2.05. The highest BCUT2D eigenvalue weighted by Crippen LogP contribution is 2.18. The van der Waals surface area contributed by atoms with Crippen molar-refractivity contribution in [2.24, 2.45) is 0 Å². The van der Waals surface area contributed by atoms with Gasteiger partial charge in [-0.05, 0) is 37.0 Å². The molecule has 17 heavy (non-hydrogen) atoms. The van der Waals surface area contributed by atoms with Crippen LogP contribution in [0.5, 0.6) is 0 Å². The zero-order valence-electron chi connectivity index (χ0n) is 10.3. The Morgan fingerprint density at radius 2 is 2.00 bits per heavy atom. The second-order valence-corrected chi connectivity index (χ2v) is 4.47. The van der Waals surface area contributed by atoms with E-state index in [1.54, 1.807) is 0 Å². The van der Waals surface area contributed by atoms with Gasteiger partial charge in [-0.15, -0.1) is 0 Å². The Balaban J connectivity index is 2.13. The van der Waals surface area contributed by atoms with Gasteiger partial charge < -0.3 is 5.11 Å². The maximum Gasteiger partial charge on any atom is 0.0704 e. The average molecular weight is 229 g/mol. The van der Waals surface area contributed by atoms with Gasteiger partial charge in [0.15, 0.2) is 0 Å². The molecule has 2 heteroatoms. The van der Waals surface area contributed by atoms with E-state index in [9.17, 15) is 5.11 Å². The first-order valence-corrected chi connectivity index (χ1v) is 6.32. The van der Waals surface area contributed by atoms with Crippen molar-refractivity contribution in [3.8, 4) is 0 Å². The molecule has 1 aromatic carbocycles. The fourth-order valence-corrected chi connectivity index (χ4v) is 2.17. The molecule has 1 N–H and O–H groups in total. The molecule has 0 aliphatic rings. The van der Waals surface area contributed by atoms with Gasteiger partial charge in [0, 0.05) is 11.6 Å². The van der Waals surface area contributed by atoms with Crippen molar-refractivity contribution in [3.63, 3.8) is 0 Å². The SMILES string of the molecule is CCCC(O)CCc1ccnc2ccccc12. The van der Waals surface area contributed by atoms with Crippen LogP contribution >= 0.6 is 0 Å². The average Bonchev–Trinajstić information content (AvgIpc) is 2.36. The van der Waals surface area contributed by atoms with E-state index in [1.165, 1.54) is 10.9 Å². The van der Waals surface area contributed by atoms with Crippen LogP contribution < -0.4 is 0 Å². The van der Waals surface area contributed by atoms with E-state index in [2.05, 4.69) is 24.0 Å². The molecule has 0 bridgehead atoms. The topological polar surface area (TPSA) is 33.1 Å². The third-order valence-corrected chi connectivity index (χ3v) is 3.11. The number of nitrogens with zero attached hydrogens (tertiary/aromatic N) is 1. The molecular formula is C15H19NO. The van der Waals surface area contributed by atoms with Gasteiger partial charge in [0.1, 0.15) is 0 Å². The van der Waals surface area contributed by atoms with Crippen molar-refractivity contribution in [3.05, 3.63) is 42.1 Å². The Morgan fingerprint density at radius 3 is 2.82 bits per heavy atom. The first-order valence-electron chi connectivity index (χ1n) is 6.32. The molecular weight excluding hydrogens is 210 g/mol. The van der Waals surface area contributed by atoms with Crippen LogP contribution in [0.2, 0.25) is 0 Å². The lowest BCUT2D eigenvalue weighted by atomic mass is 10.0. The van der Waals surface area contributed by atoms with Gasteiger partial charge in [0.2, 0.25) is 0 Å². The maximum absolute atomic E-state index is 9.77. The molecule has 0 saturated carbocycles. The largest absolute Gasteiger partial charge is 0.393 e. The minimum absolute atomic E-state index is 0.174. The molecule has 1 unspecified atom stereocenters. The third kappa shape index (κ3) is 3.04. The molecule has 0 amide bonds. The van der Waals surface area contributed by atoms with E-state index in [0.717, 1.165) is 31.2 Å². The Morgan fingerprint density at radius 1 is 1.18 bits per heavy atom. The molecule has 90 valence electrons. The minimum atomic E-state index is -0.174. The molecule has 1 heterocycles. The lowest BCUT2D eigenvalue weighted by Gasteiger charge is -2.10. The molecule has 0 radical (unpaired) electrons. The molecule has 1 aromatic heterocycles. The minimum Gasteiger partial charge on any atom is -0.393 e. The molecule has 2 nitrogen and oxygen atoms in total. The number of fused-ring (bicyclic) bond motifs is 1.